The minimum absolute atomic E-state index is 0.108. The molecular formula is C33H33ClN4O7S. The third kappa shape index (κ3) is 8.34. The topological polar surface area (TPSA) is 136 Å². The Kier molecular flexibility index (Phi) is 11.2. The standard InChI is InChI=1S/C33H33ClN4O7S/c1-5-45-28-14-12-27(13-15-28)38(46(41,42)29-16-17-30(43-3)31(20-29)44-4)21-32(39)37-36-22(2)23-8-7-11-26(19-23)35-33(40)24-9-6-10-25(34)18-24/h6-20H,5,21H2,1-4H3,(H,35,40)(H,37,39)/b36-22-. The van der Waals surface area contributed by atoms with Crippen molar-refractivity contribution < 1.29 is 32.2 Å². The van der Waals surface area contributed by atoms with Gasteiger partial charge in [0.2, 0.25) is 0 Å². The molecule has 0 heterocycles. The average molecular weight is 665 g/mol. The van der Waals surface area contributed by atoms with Gasteiger partial charge < -0.3 is 19.5 Å². The van der Waals surface area contributed by atoms with Crippen LogP contribution in [0.1, 0.15) is 29.8 Å². The molecule has 0 aliphatic carbocycles. The van der Waals surface area contributed by atoms with Gasteiger partial charge in [-0.3, -0.25) is 13.9 Å². The minimum Gasteiger partial charge on any atom is -0.494 e. The number of nitrogens with zero attached hydrogens (tertiary/aromatic N) is 2. The fourth-order valence-corrected chi connectivity index (χ4v) is 5.95. The summed E-state index contributed by atoms with van der Waals surface area (Å²) in [6.45, 7) is 3.35. The van der Waals surface area contributed by atoms with E-state index in [-0.39, 0.29) is 22.2 Å². The molecule has 240 valence electrons. The largest absolute Gasteiger partial charge is 0.494 e. The number of anilines is 2. The molecule has 0 fully saturated rings. The number of rotatable bonds is 13. The van der Waals surface area contributed by atoms with E-state index in [0.29, 0.717) is 45.7 Å². The van der Waals surface area contributed by atoms with Crippen molar-refractivity contribution in [1.82, 2.24) is 5.43 Å². The third-order valence-electron chi connectivity index (χ3n) is 6.64. The number of hydrazone groups is 1. The SMILES string of the molecule is CCOc1ccc(N(CC(=O)N/N=C(/C)c2cccc(NC(=O)c3cccc(Cl)c3)c2)S(=O)(=O)c2ccc(OC)c(OC)c2)cc1. The Bertz CT molecular complexity index is 1850. The summed E-state index contributed by atoms with van der Waals surface area (Å²) < 4.78 is 44.8. The first-order valence-corrected chi connectivity index (χ1v) is 15.9. The Morgan fingerprint density at radius 1 is 0.870 bits per heavy atom. The molecule has 46 heavy (non-hydrogen) atoms. The van der Waals surface area contributed by atoms with Crippen LogP contribution in [0.15, 0.2) is 101 Å². The van der Waals surface area contributed by atoms with E-state index in [1.807, 2.05) is 6.92 Å². The van der Waals surface area contributed by atoms with Crippen molar-refractivity contribution in [2.45, 2.75) is 18.7 Å². The third-order valence-corrected chi connectivity index (χ3v) is 8.64. The maximum absolute atomic E-state index is 13.9. The molecule has 0 saturated carbocycles. The molecule has 13 heteroatoms. The second-order valence-electron chi connectivity index (χ2n) is 9.73. The van der Waals surface area contributed by atoms with E-state index in [2.05, 4.69) is 15.8 Å². The first-order chi connectivity index (χ1) is 22.0. The molecule has 0 atom stereocenters. The van der Waals surface area contributed by atoms with Crippen molar-refractivity contribution in [3.63, 3.8) is 0 Å². The molecule has 4 rings (SSSR count). The zero-order valence-corrected chi connectivity index (χ0v) is 27.2. The Morgan fingerprint density at radius 3 is 2.24 bits per heavy atom. The number of nitrogens with one attached hydrogen (secondary N) is 2. The summed E-state index contributed by atoms with van der Waals surface area (Å²) in [7, 11) is -1.43. The van der Waals surface area contributed by atoms with E-state index >= 15 is 0 Å². The fourth-order valence-electron chi connectivity index (χ4n) is 4.33. The maximum atomic E-state index is 13.9. The summed E-state index contributed by atoms with van der Waals surface area (Å²) in [6.07, 6.45) is 0. The van der Waals surface area contributed by atoms with Crippen LogP contribution in [0, 0.1) is 0 Å². The highest BCUT2D eigenvalue weighted by molar-refractivity contribution is 7.92. The van der Waals surface area contributed by atoms with E-state index in [1.54, 1.807) is 79.7 Å². The number of carbonyl (C=O) groups excluding carboxylic acids is 2. The predicted molar refractivity (Wildman–Crippen MR) is 178 cm³/mol. The molecule has 0 spiro atoms. The summed E-state index contributed by atoms with van der Waals surface area (Å²) in [5, 5.41) is 7.44. The van der Waals surface area contributed by atoms with Crippen LogP contribution in [-0.4, -0.2) is 53.3 Å². The lowest BCUT2D eigenvalue weighted by molar-refractivity contribution is -0.119. The van der Waals surface area contributed by atoms with Crippen LogP contribution < -0.4 is 29.3 Å². The van der Waals surface area contributed by atoms with Crippen LogP contribution in [0.5, 0.6) is 17.2 Å². The van der Waals surface area contributed by atoms with Gasteiger partial charge in [-0.15, -0.1) is 0 Å². The summed E-state index contributed by atoms with van der Waals surface area (Å²) in [4.78, 5) is 25.7. The number of halogens is 1. The number of amides is 2. The van der Waals surface area contributed by atoms with Crippen molar-refractivity contribution in [2.75, 3.05) is 37.0 Å². The number of ether oxygens (including phenoxy) is 3. The van der Waals surface area contributed by atoms with Gasteiger partial charge in [0.05, 0.1) is 37.1 Å². The lowest BCUT2D eigenvalue weighted by Crippen LogP contribution is -2.39. The Hall–Kier alpha value is -5.07. The van der Waals surface area contributed by atoms with Crippen molar-refractivity contribution >= 4 is 50.5 Å². The monoisotopic (exact) mass is 664 g/mol. The number of carbonyl (C=O) groups is 2. The maximum Gasteiger partial charge on any atom is 0.264 e. The van der Waals surface area contributed by atoms with Crippen molar-refractivity contribution in [3.05, 3.63) is 107 Å². The first-order valence-electron chi connectivity index (χ1n) is 14.0. The Morgan fingerprint density at radius 2 is 1.57 bits per heavy atom. The van der Waals surface area contributed by atoms with Crippen LogP contribution in [0.4, 0.5) is 11.4 Å². The van der Waals surface area contributed by atoms with Gasteiger partial charge in [0, 0.05) is 22.3 Å². The number of sulfonamides is 1. The normalized spacial score (nSPS) is 11.4. The van der Waals surface area contributed by atoms with Crippen molar-refractivity contribution in [1.29, 1.82) is 0 Å². The van der Waals surface area contributed by atoms with Gasteiger partial charge >= 0.3 is 0 Å². The number of hydrogen-bond acceptors (Lipinski definition) is 8. The molecule has 4 aromatic carbocycles. The minimum atomic E-state index is -4.27. The van der Waals surface area contributed by atoms with E-state index in [4.69, 9.17) is 25.8 Å². The summed E-state index contributed by atoms with van der Waals surface area (Å²) in [5.41, 5.74) is 4.61. The lowest BCUT2D eigenvalue weighted by atomic mass is 10.1. The Balaban J connectivity index is 1.55. The Labute approximate surface area is 272 Å². The van der Waals surface area contributed by atoms with Gasteiger partial charge in [-0.1, -0.05) is 29.8 Å². The van der Waals surface area contributed by atoms with E-state index in [1.165, 1.54) is 32.4 Å². The zero-order valence-electron chi connectivity index (χ0n) is 25.6. The molecule has 0 saturated heterocycles. The molecule has 4 aromatic rings. The van der Waals surface area contributed by atoms with E-state index < -0.39 is 22.5 Å². The second kappa shape index (κ2) is 15.3. The molecule has 0 radical (unpaired) electrons. The summed E-state index contributed by atoms with van der Waals surface area (Å²) >= 11 is 6.00. The quantitative estimate of drug-likeness (QED) is 0.137. The molecule has 0 bridgehead atoms. The van der Waals surface area contributed by atoms with Crippen molar-refractivity contribution in [2.24, 2.45) is 5.10 Å². The molecule has 2 N–H and O–H groups in total. The zero-order chi connectivity index (χ0) is 33.3. The van der Waals surface area contributed by atoms with Crippen LogP contribution >= 0.6 is 11.6 Å². The molecule has 0 aromatic heterocycles. The molecule has 2 amide bonds. The second-order valence-corrected chi connectivity index (χ2v) is 12.0. The molecule has 0 aliphatic rings. The van der Waals surface area contributed by atoms with Crippen LogP contribution in [0.2, 0.25) is 5.02 Å². The van der Waals surface area contributed by atoms with Crippen LogP contribution in [-0.2, 0) is 14.8 Å². The van der Waals surface area contributed by atoms with Gasteiger partial charge in [-0.2, -0.15) is 5.10 Å². The van der Waals surface area contributed by atoms with Gasteiger partial charge in [-0.25, -0.2) is 13.8 Å². The summed E-state index contributed by atoms with van der Waals surface area (Å²) in [5.74, 6) is 0.0799. The van der Waals surface area contributed by atoms with Crippen LogP contribution in [0.25, 0.3) is 0 Å². The highest BCUT2D eigenvalue weighted by Gasteiger charge is 2.28. The van der Waals surface area contributed by atoms with Gasteiger partial charge in [0.1, 0.15) is 12.3 Å². The molecule has 0 aliphatic heterocycles. The van der Waals surface area contributed by atoms with Gasteiger partial charge in [0.15, 0.2) is 11.5 Å². The smallest absolute Gasteiger partial charge is 0.264 e. The van der Waals surface area contributed by atoms with Gasteiger partial charge in [-0.05, 0) is 86.1 Å². The highest BCUT2D eigenvalue weighted by atomic mass is 35.5. The van der Waals surface area contributed by atoms with Crippen LogP contribution in [0.3, 0.4) is 0 Å². The first kappa shape index (κ1) is 33.8. The summed E-state index contributed by atoms with van der Waals surface area (Å²) in [6, 6.07) is 24.0. The van der Waals surface area contributed by atoms with Gasteiger partial charge in [0.25, 0.3) is 21.8 Å². The van der Waals surface area contributed by atoms with Crippen molar-refractivity contribution in [3.8, 4) is 17.2 Å². The van der Waals surface area contributed by atoms with E-state index in [0.717, 1.165) is 4.31 Å². The van der Waals surface area contributed by atoms with E-state index in [9.17, 15) is 18.0 Å². The molecule has 11 nitrogen and oxygen atoms in total. The number of benzene rings is 4. The molecular weight excluding hydrogens is 632 g/mol. The highest BCUT2D eigenvalue weighted by Crippen LogP contribution is 2.32. The fraction of sp³-hybridized carbons (Fsp3) is 0.182. The average Bonchev–Trinajstić information content (AvgIpc) is 3.06. The predicted octanol–water partition coefficient (Wildman–Crippen LogP) is 5.74. The molecule has 0 unspecified atom stereocenters. The number of methoxy groups -OCH3 is 2. The lowest BCUT2D eigenvalue weighted by Gasteiger charge is -2.24. The number of hydrogen-bond donors (Lipinski definition) is 2.